The average Bonchev–Trinajstić information content (AvgIpc) is 2.86. The monoisotopic (exact) mass is 275 g/mol. The molecule has 2 N–H and O–H groups in total. The van der Waals surface area contributed by atoms with Crippen LogP contribution in [-0.2, 0) is 13.1 Å². The molecule has 2 rings (SSSR count). The first kappa shape index (κ1) is 13.5. The van der Waals surface area contributed by atoms with Gasteiger partial charge in [0.05, 0.1) is 6.54 Å². The Bertz CT molecular complexity index is 578. The molecule has 2 aromatic rings. The molecule has 19 heavy (non-hydrogen) atoms. The van der Waals surface area contributed by atoms with Crippen molar-refractivity contribution in [2.24, 2.45) is 5.73 Å². The van der Waals surface area contributed by atoms with Crippen molar-refractivity contribution in [2.75, 3.05) is 11.9 Å². The molecule has 1 aromatic carbocycles. The molecule has 0 saturated heterocycles. The Hall–Kier alpha value is -1.95. The molecule has 5 nitrogen and oxygen atoms in total. The molecule has 1 heterocycles. The maximum absolute atomic E-state index is 5.65. The second-order valence-electron chi connectivity index (χ2n) is 4.26. The molecule has 0 aliphatic heterocycles. The van der Waals surface area contributed by atoms with E-state index in [0.717, 1.165) is 23.6 Å². The van der Waals surface area contributed by atoms with Crippen molar-refractivity contribution in [3.8, 4) is 0 Å². The van der Waals surface area contributed by atoms with Gasteiger partial charge < -0.3 is 10.6 Å². The molecule has 0 atom stereocenters. The van der Waals surface area contributed by atoms with Crippen LogP contribution in [0.4, 0.5) is 5.69 Å². The Kier molecular flexibility index (Phi) is 4.11. The second-order valence-corrected chi connectivity index (χ2v) is 4.70. The summed E-state index contributed by atoms with van der Waals surface area (Å²) >= 11 is 5.00. The molecule has 0 saturated carbocycles. The number of nitrogens with two attached hydrogens (primary N) is 1. The molecule has 0 aliphatic rings. The molecule has 1 aromatic heterocycles. The lowest BCUT2D eigenvalue weighted by molar-refractivity contribution is 0.610. The van der Waals surface area contributed by atoms with Gasteiger partial charge in [-0.15, -0.1) is 0 Å². The van der Waals surface area contributed by atoms with Crippen LogP contribution in [0.25, 0.3) is 0 Å². The quantitative estimate of drug-likeness (QED) is 0.839. The zero-order chi connectivity index (χ0) is 13.8. The summed E-state index contributed by atoms with van der Waals surface area (Å²) in [6.07, 6.45) is 1.58. The SMILES string of the molecule is CCn1ncnc1CN(C)c1cccc(C(N)=S)c1. The van der Waals surface area contributed by atoms with E-state index >= 15 is 0 Å². The Balaban J connectivity index is 2.18. The fourth-order valence-corrected chi connectivity index (χ4v) is 2.00. The maximum atomic E-state index is 5.65. The van der Waals surface area contributed by atoms with E-state index in [0.29, 0.717) is 11.5 Å². The first-order valence-corrected chi connectivity index (χ1v) is 6.50. The highest BCUT2D eigenvalue weighted by Crippen LogP contribution is 2.16. The molecule has 0 amide bonds. The number of hydrogen-bond acceptors (Lipinski definition) is 4. The molecular formula is C13H17N5S. The van der Waals surface area contributed by atoms with Crippen molar-refractivity contribution >= 4 is 22.9 Å². The third-order valence-corrected chi connectivity index (χ3v) is 3.18. The van der Waals surface area contributed by atoms with Crippen molar-refractivity contribution < 1.29 is 0 Å². The predicted octanol–water partition coefficient (Wildman–Crippen LogP) is 1.57. The highest BCUT2D eigenvalue weighted by molar-refractivity contribution is 7.80. The number of thiocarbonyl (C=S) groups is 1. The first-order chi connectivity index (χ1) is 9.11. The standard InChI is InChI=1S/C13H17N5S/c1-3-18-12(15-9-16-18)8-17(2)11-6-4-5-10(7-11)13(14)19/h4-7,9H,3,8H2,1-2H3,(H2,14,19). The third-order valence-electron chi connectivity index (χ3n) is 2.95. The van der Waals surface area contributed by atoms with Crippen LogP contribution in [0.15, 0.2) is 30.6 Å². The smallest absolute Gasteiger partial charge is 0.146 e. The summed E-state index contributed by atoms with van der Waals surface area (Å²) in [5.74, 6) is 0.936. The summed E-state index contributed by atoms with van der Waals surface area (Å²) in [5, 5.41) is 4.17. The summed E-state index contributed by atoms with van der Waals surface area (Å²) in [6, 6.07) is 7.86. The van der Waals surface area contributed by atoms with E-state index in [1.165, 1.54) is 0 Å². The van der Waals surface area contributed by atoms with Crippen molar-refractivity contribution in [3.05, 3.63) is 42.0 Å². The predicted molar refractivity (Wildman–Crippen MR) is 80.1 cm³/mol. The largest absolute Gasteiger partial charge is 0.389 e. The van der Waals surface area contributed by atoms with Gasteiger partial charge in [-0.3, -0.25) is 0 Å². The van der Waals surface area contributed by atoms with Gasteiger partial charge in [0.25, 0.3) is 0 Å². The number of aryl methyl sites for hydroxylation is 1. The van der Waals surface area contributed by atoms with E-state index < -0.39 is 0 Å². The summed E-state index contributed by atoms with van der Waals surface area (Å²) in [4.78, 5) is 6.77. The molecular weight excluding hydrogens is 258 g/mol. The lowest BCUT2D eigenvalue weighted by Crippen LogP contribution is -2.20. The van der Waals surface area contributed by atoms with E-state index in [4.69, 9.17) is 18.0 Å². The molecule has 0 aliphatic carbocycles. The lowest BCUT2D eigenvalue weighted by atomic mass is 10.2. The fraction of sp³-hybridized carbons (Fsp3) is 0.308. The Labute approximate surface area is 118 Å². The zero-order valence-corrected chi connectivity index (χ0v) is 11.9. The molecule has 6 heteroatoms. The van der Waals surface area contributed by atoms with E-state index in [-0.39, 0.29) is 0 Å². The van der Waals surface area contributed by atoms with Gasteiger partial charge in [-0.25, -0.2) is 9.67 Å². The normalized spacial score (nSPS) is 10.4. The van der Waals surface area contributed by atoms with Crippen LogP contribution in [0.2, 0.25) is 0 Å². The zero-order valence-electron chi connectivity index (χ0n) is 11.1. The van der Waals surface area contributed by atoms with Crippen LogP contribution in [0.3, 0.4) is 0 Å². The van der Waals surface area contributed by atoms with Gasteiger partial charge in [-0.2, -0.15) is 5.10 Å². The molecule has 0 spiro atoms. The topological polar surface area (TPSA) is 60.0 Å². The minimum atomic E-state index is 0.409. The van der Waals surface area contributed by atoms with Gasteiger partial charge in [0, 0.05) is 24.8 Å². The number of benzene rings is 1. The van der Waals surface area contributed by atoms with Crippen LogP contribution in [-0.4, -0.2) is 26.8 Å². The van der Waals surface area contributed by atoms with Gasteiger partial charge in [-0.1, -0.05) is 24.4 Å². The van der Waals surface area contributed by atoms with Crippen LogP contribution in [0.1, 0.15) is 18.3 Å². The van der Waals surface area contributed by atoms with Crippen molar-refractivity contribution in [1.29, 1.82) is 0 Å². The van der Waals surface area contributed by atoms with Gasteiger partial charge >= 0.3 is 0 Å². The van der Waals surface area contributed by atoms with E-state index in [1.807, 2.05) is 42.9 Å². The van der Waals surface area contributed by atoms with Gasteiger partial charge in [0.15, 0.2) is 0 Å². The van der Waals surface area contributed by atoms with Gasteiger partial charge in [0.2, 0.25) is 0 Å². The second kappa shape index (κ2) is 5.79. The van der Waals surface area contributed by atoms with E-state index in [1.54, 1.807) is 6.33 Å². The average molecular weight is 275 g/mol. The molecule has 0 bridgehead atoms. The van der Waals surface area contributed by atoms with Crippen LogP contribution < -0.4 is 10.6 Å². The molecule has 0 radical (unpaired) electrons. The Morgan fingerprint density at radius 3 is 2.95 bits per heavy atom. The number of nitrogens with zero attached hydrogens (tertiary/aromatic N) is 4. The molecule has 0 fully saturated rings. The van der Waals surface area contributed by atoms with Crippen molar-refractivity contribution in [2.45, 2.75) is 20.0 Å². The highest BCUT2D eigenvalue weighted by atomic mass is 32.1. The van der Waals surface area contributed by atoms with Crippen LogP contribution in [0.5, 0.6) is 0 Å². The first-order valence-electron chi connectivity index (χ1n) is 6.09. The molecule has 0 unspecified atom stereocenters. The third kappa shape index (κ3) is 3.08. The minimum absolute atomic E-state index is 0.409. The van der Waals surface area contributed by atoms with Crippen molar-refractivity contribution in [3.63, 3.8) is 0 Å². The fourth-order valence-electron chi connectivity index (χ4n) is 1.87. The minimum Gasteiger partial charge on any atom is -0.389 e. The molecule has 100 valence electrons. The van der Waals surface area contributed by atoms with Crippen molar-refractivity contribution in [1.82, 2.24) is 14.8 Å². The van der Waals surface area contributed by atoms with E-state index in [9.17, 15) is 0 Å². The summed E-state index contributed by atoms with van der Waals surface area (Å²) in [5.41, 5.74) is 7.57. The summed E-state index contributed by atoms with van der Waals surface area (Å²) < 4.78 is 1.88. The Morgan fingerprint density at radius 2 is 2.26 bits per heavy atom. The summed E-state index contributed by atoms with van der Waals surface area (Å²) in [6.45, 7) is 3.55. The lowest BCUT2D eigenvalue weighted by Gasteiger charge is -2.19. The Morgan fingerprint density at radius 1 is 1.47 bits per heavy atom. The number of hydrogen-bond donors (Lipinski definition) is 1. The number of rotatable bonds is 5. The van der Waals surface area contributed by atoms with Gasteiger partial charge in [-0.05, 0) is 19.1 Å². The maximum Gasteiger partial charge on any atom is 0.146 e. The number of anilines is 1. The van der Waals surface area contributed by atoms with Crippen LogP contribution in [0, 0.1) is 0 Å². The highest BCUT2D eigenvalue weighted by Gasteiger charge is 2.08. The van der Waals surface area contributed by atoms with Crippen LogP contribution >= 0.6 is 12.2 Å². The van der Waals surface area contributed by atoms with E-state index in [2.05, 4.69) is 15.0 Å². The number of aromatic nitrogens is 3. The van der Waals surface area contributed by atoms with Gasteiger partial charge in [0.1, 0.15) is 17.1 Å². The summed E-state index contributed by atoms with van der Waals surface area (Å²) in [7, 11) is 2.01.